The zero-order valence-corrected chi connectivity index (χ0v) is 14.4. The Bertz CT molecular complexity index is 490. The molecule has 0 radical (unpaired) electrons. The minimum absolute atomic E-state index is 0.169. The Morgan fingerprint density at radius 2 is 1.82 bits per heavy atom. The van der Waals surface area contributed by atoms with Crippen molar-refractivity contribution in [2.45, 2.75) is 46.1 Å². The number of hydrogen-bond donors (Lipinski definition) is 0. The van der Waals surface area contributed by atoms with Crippen LogP contribution in [0, 0.1) is 0 Å². The van der Waals surface area contributed by atoms with Crippen LogP contribution in [0.25, 0.3) is 0 Å². The van der Waals surface area contributed by atoms with E-state index < -0.39 is 0 Å². The Balaban J connectivity index is 2.08. The van der Waals surface area contributed by atoms with Gasteiger partial charge in [-0.1, -0.05) is 31.9 Å². The topological polar surface area (TPSA) is 23.6 Å². The fourth-order valence-electron chi connectivity index (χ4n) is 3.04. The minimum Gasteiger partial charge on any atom is -0.304 e. The lowest BCUT2D eigenvalue weighted by molar-refractivity contribution is 0.101. The van der Waals surface area contributed by atoms with Gasteiger partial charge in [-0.25, -0.2) is 0 Å². The van der Waals surface area contributed by atoms with Crippen molar-refractivity contribution in [1.29, 1.82) is 0 Å². The van der Waals surface area contributed by atoms with Crippen LogP contribution >= 0.6 is 0 Å². The van der Waals surface area contributed by atoms with E-state index in [2.05, 4.69) is 35.9 Å². The summed E-state index contributed by atoms with van der Waals surface area (Å²) >= 11 is 0. The predicted molar refractivity (Wildman–Crippen MR) is 92.4 cm³/mol. The number of hydrogen-bond acceptors (Lipinski definition) is 3. The summed E-state index contributed by atoms with van der Waals surface area (Å²) in [4.78, 5) is 16.6. The molecule has 0 N–H and O–H groups in total. The van der Waals surface area contributed by atoms with Crippen LogP contribution in [0.4, 0.5) is 0 Å². The zero-order chi connectivity index (χ0) is 15.9. The molecular weight excluding hydrogens is 272 g/mol. The molecule has 1 aliphatic rings. The van der Waals surface area contributed by atoms with Crippen LogP contribution in [0.1, 0.15) is 54.6 Å². The van der Waals surface area contributed by atoms with Crippen LogP contribution in [0.3, 0.4) is 0 Å². The van der Waals surface area contributed by atoms with Crippen molar-refractivity contribution < 1.29 is 4.79 Å². The first-order valence-electron chi connectivity index (χ1n) is 8.63. The predicted octanol–water partition coefficient (Wildman–Crippen LogP) is 3.37. The second-order valence-corrected chi connectivity index (χ2v) is 6.58. The quantitative estimate of drug-likeness (QED) is 0.570. The lowest BCUT2D eigenvalue weighted by Gasteiger charge is -2.32. The van der Waals surface area contributed by atoms with Crippen molar-refractivity contribution in [3.05, 3.63) is 34.9 Å². The van der Waals surface area contributed by atoms with Gasteiger partial charge in [-0.05, 0) is 44.0 Å². The van der Waals surface area contributed by atoms with E-state index in [9.17, 15) is 4.79 Å². The highest BCUT2D eigenvalue weighted by molar-refractivity contribution is 5.94. The third kappa shape index (κ3) is 4.92. The monoisotopic (exact) mass is 302 g/mol. The molecule has 0 saturated carbocycles. The lowest BCUT2D eigenvalue weighted by atomic mass is 9.97. The molecule has 1 fully saturated rings. The Morgan fingerprint density at radius 3 is 2.45 bits per heavy atom. The molecule has 3 heteroatoms. The maximum atomic E-state index is 11.6. The van der Waals surface area contributed by atoms with Crippen LogP contribution in [0.5, 0.6) is 0 Å². The van der Waals surface area contributed by atoms with Crippen LogP contribution in [-0.2, 0) is 13.0 Å². The lowest BCUT2D eigenvalue weighted by Crippen LogP contribution is -2.44. The molecule has 122 valence electrons. The van der Waals surface area contributed by atoms with Crippen molar-refractivity contribution in [3.63, 3.8) is 0 Å². The first-order valence-corrected chi connectivity index (χ1v) is 8.63. The van der Waals surface area contributed by atoms with E-state index >= 15 is 0 Å². The van der Waals surface area contributed by atoms with Crippen molar-refractivity contribution in [2.75, 3.05) is 33.2 Å². The van der Waals surface area contributed by atoms with Gasteiger partial charge in [-0.2, -0.15) is 0 Å². The summed E-state index contributed by atoms with van der Waals surface area (Å²) in [5.74, 6) is 0.169. The first kappa shape index (κ1) is 17.2. The number of rotatable bonds is 7. The number of piperazine rings is 1. The molecule has 1 aromatic rings. The number of nitrogens with zero attached hydrogens (tertiary/aromatic N) is 2. The van der Waals surface area contributed by atoms with Gasteiger partial charge < -0.3 is 4.90 Å². The SMILES string of the molecule is CCCCCc1cc(C(C)=O)ccc1CN1CCN(C)CC1. The number of aryl methyl sites for hydroxylation is 1. The summed E-state index contributed by atoms with van der Waals surface area (Å²) in [6, 6.07) is 6.30. The molecule has 0 unspecified atom stereocenters. The van der Waals surface area contributed by atoms with Gasteiger partial charge in [-0.3, -0.25) is 9.69 Å². The Morgan fingerprint density at radius 1 is 1.09 bits per heavy atom. The number of carbonyl (C=O) groups excluding carboxylic acids is 1. The maximum absolute atomic E-state index is 11.6. The van der Waals surface area contributed by atoms with Gasteiger partial charge in [0.2, 0.25) is 0 Å². The van der Waals surface area contributed by atoms with Gasteiger partial charge in [0.25, 0.3) is 0 Å². The molecule has 0 atom stereocenters. The third-order valence-corrected chi connectivity index (χ3v) is 4.65. The largest absolute Gasteiger partial charge is 0.304 e. The number of unbranched alkanes of at least 4 members (excludes halogenated alkanes) is 2. The summed E-state index contributed by atoms with van der Waals surface area (Å²) in [7, 11) is 2.19. The highest BCUT2D eigenvalue weighted by Crippen LogP contribution is 2.19. The molecule has 3 nitrogen and oxygen atoms in total. The fraction of sp³-hybridized carbons (Fsp3) is 0.632. The van der Waals surface area contributed by atoms with Gasteiger partial charge in [0.05, 0.1) is 0 Å². The number of carbonyl (C=O) groups is 1. The van der Waals surface area contributed by atoms with Crippen LogP contribution in [0.15, 0.2) is 18.2 Å². The van der Waals surface area contributed by atoms with E-state index in [0.29, 0.717) is 0 Å². The summed E-state index contributed by atoms with van der Waals surface area (Å²) in [6.07, 6.45) is 4.81. The van der Waals surface area contributed by atoms with Gasteiger partial charge in [0.1, 0.15) is 0 Å². The molecule has 0 spiro atoms. The third-order valence-electron chi connectivity index (χ3n) is 4.65. The highest BCUT2D eigenvalue weighted by Gasteiger charge is 2.16. The molecule has 0 aliphatic carbocycles. The van der Waals surface area contributed by atoms with E-state index in [1.165, 1.54) is 30.4 Å². The summed E-state index contributed by atoms with van der Waals surface area (Å²) in [5, 5.41) is 0. The van der Waals surface area contributed by atoms with E-state index in [-0.39, 0.29) is 5.78 Å². The molecule has 0 aromatic heterocycles. The maximum Gasteiger partial charge on any atom is 0.159 e. The smallest absolute Gasteiger partial charge is 0.159 e. The van der Waals surface area contributed by atoms with E-state index in [0.717, 1.165) is 44.7 Å². The number of ketones is 1. The van der Waals surface area contributed by atoms with Gasteiger partial charge in [0, 0.05) is 38.3 Å². The van der Waals surface area contributed by atoms with E-state index in [1.54, 1.807) is 6.92 Å². The number of benzene rings is 1. The normalized spacial score (nSPS) is 16.9. The van der Waals surface area contributed by atoms with Crippen molar-refractivity contribution in [1.82, 2.24) is 9.80 Å². The van der Waals surface area contributed by atoms with Crippen molar-refractivity contribution in [3.8, 4) is 0 Å². The average molecular weight is 302 g/mol. The minimum atomic E-state index is 0.169. The molecule has 1 saturated heterocycles. The number of Topliss-reactive ketones (excluding diaryl/α,β-unsaturated/α-hetero) is 1. The average Bonchev–Trinajstić information content (AvgIpc) is 2.51. The second kappa shape index (κ2) is 8.44. The molecular formula is C19H30N2O. The molecule has 0 bridgehead atoms. The first-order chi connectivity index (χ1) is 10.6. The van der Waals surface area contributed by atoms with Crippen LogP contribution < -0.4 is 0 Å². The molecule has 1 heterocycles. The zero-order valence-electron chi connectivity index (χ0n) is 14.4. The highest BCUT2D eigenvalue weighted by atomic mass is 16.1. The summed E-state index contributed by atoms with van der Waals surface area (Å²) in [5.41, 5.74) is 3.64. The van der Waals surface area contributed by atoms with Gasteiger partial charge in [-0.15, -0.1) is 0 Å². The van der Waals surface area contributed by atoms with Gasteiger partial charge >= 0.3 is 0 Å². The summed E-state index contributed by atoms with van der Waals surface area (Å²) in [6.45, 7) is 9.49. The van der Waals surface area contributed by atoms with Crippen LogP contribution in [-0.4, -0.2) is 48.8 Å². The van der Waals surface area contributed by atoms with Crippen molar-refractivity contribution >= 4 is 5.78 Å². The standard InChI is InChI=1S/C19H30N2O/c1-4-5-6-7-18-14-17(16(2)22)8-9-19(18)15-21-12-10-20(3)11-13-21/h8-9,14H,4-7,10-13,15H2,1-3H3. The van der Waals surface area contributed by atoms with E-state index in [4.69, 9.17) is 0 Å². The Hall–Kier alpha value is -1.19. The second-order valence-electron chi connectivity index (χ2n) is 6.58. The van der Waals surface area contributed by atoms with Crippen molar-refractivity contribution in [2.24, 2.45) is 0 Å². The van der Waals surface area contributed by atoms with E-state index in [1.807, 2.05) is 6.07 Å². The molecule has 22 heavy (non-hydrogen) atoms. The molecule has 1 aliphatic heterocycles. The summed E-state index contributed by atoms with van der Waals surface area (Å²) < 4.78 is 0. The molecule has 2 rings (SSSR count). The molecule has 1 aromatic carbocycles. The Labute approximate surface area is 135 Å². The van der Waals surface area contributed by atoms with Crippen LogP contribution in [0.2, 0.25) is 0 Å². The number of likely N-dealkylation sites (N-methyl/N-ethyl adjacent to an activating group) is 1. The fourth-order valence-corrected chi connectivity index (χ4v) is 3.04. The van der Waals surface area contributed by atoms with Gasteiger partial charge in [0.15, 0.2) is 5.78 Å². The Kier molecular flexibility index (Phi) is 6.59. The molecule has 0 amide bonds.